The van der Waals surface area contributed by atoms with Crippen molar-refractivity contribution in [1.82, 2.24) is 24.6 Å². The smallest absolute Gasteiger partial charge is 0.218 e. The van der Waals surface area contributed by atoms with E-state index in [2.05, 4.69) is 16.8 Å². The Morgan fingerprint density at radius 3 is 3.00 bits per heavy atom. The fraction of sp³-hybridized carbons (Fsp3) is 0.700. The Balaban J connectivity index is 1.33. The number of hydrogen-bond acceptors (Lipinski definition) is 8. The van der Waals surface area contributed by atoms with E-state index in [9.17, 15) is 0 Å². The van der Waals surface area contributed by atoms with Crippen molar-refractivity contribution in [3.63, 3.8) is 0 Å². The van der Waals surface area contributed by atoms with Gasteiger partial charge in [-0.3, -0.25) is 4.90 Å². The van der Waals surface area contributed by atoms with Crippen LogP contribution in [0.2, 0.25) is 0 Å². The minimum absolute atomic E-state index is 0.0472. The third-order valence-corrected chi connectivity index (χ3v) is 6.57. The summed E-state index contributed by atoms with van der Waals surface area (Å²) in [6, 6.07) is 0.343. The molecule has 0 amide bonds. The molecule has 5 rings (SSSR count). The number of nitrogens with zero attached hydrogens (tertiary/aromatic N) is 6. The molecule has 4 heterocycles. The van der Waals surface area contributed by atoms with Crippen LogP contribution in [0.3, 0.4) is 0 Å². The molecule has 4 atom stereocenters. The van der Waals surface area contributed by atoms with Crippen molar-refractivity contribution in [2.75, 3.05) is 13.7 Å². The summed E-state index contributed by atoms with van der Waals surface area (Å²) in [5.74, 6) is 4.16. The summed E-state index contributed by atoms with van der Waals surface area (Å²) < 4.78 is 13.2. The Kier molecular flexibility index (Phi) is 4.66. The molecule has 1 saturated carbocycles. The zero-order chi connectivity index (χ0) is 20.1. The largest absolute Gasteiger partial charge is 0.444 e. The average molecular weight is 399 g/mol. The summed E-state index contributed by atoms with van der Waals surface area (Å²) in [5, 5.41) is 4.70. The lowest BCUT2D eigenvalue weighted by molar-refractivity contribution is 0.0437. The first kappa shape index (κ1) is 18.7. The van der Waals surface area contributed by atoms with E-state index in [-0.39, 0.29) is 18.1 Å². The van der Waals surface area contributed by atoms with Gasteiger partial charge in [-0.2, -0.15) is 4.68 Å². The fourth-order valence-corrected chi connectivity index (χ4v) is 5.04. The third kappa shape index (κ3) is 3.26. The first-order valence-electron chi connectivity index (χ1n) is 10.5. The van der Waals surface area contributed by atoms with Crippen LogP contribution >= 0.6 is 0 Å². The van der Waals surface area contributed by atoms with Crippen molar-refractivity contribution >= 4 is 5.96 Å². The van der Waals surface area contributed by atoms with Crippen molar-refractivity contribution in [3.8, 4) is 0 Å². The summed E-state index contributed by atoms with van der Waals surface area (Å²) in [4.78, 5) is 16.5. The van der Waals surface area contributed by atoms with Gasteiger partial charge in [0, 0.05) is 45.4 Å². The van der Waals surface area contributed by atoms with Gasteiger partial charge in [0.05, 0.1) is 24.4 Å². The second-order valence-corrected chi connectivity index (χ2v) is 8.46. The molecule has 2 aromatic heterocycles. The van der Waals surface area contributed by atoms with Gasteiger partial charge in [0.1, 0.15) is 11.6 Å². The standard InChI is InChI=1S/C20H29N7O2/c1-11(26-8-7-14-16(10-26)29-12(2)22-14)9-17-23-19-13-5-4-6-15(28-3)18(13)24-20(21)27(19)25-17/h11,13,15,18H,4-10H2,1-3H3,(H2,21,24). The number of rotatable bonds is 4. The summed E-state index contributed by atoms with van der Waals surface area (Å²) in [7, 11) is 1.76. The van der Waals surface area contributed by atoms with Crippen LogP contribution in [0.4, 0.5) is 0 Å². The van der Waals surface area contributed by atoms with Gasteiger partial charge in [0.2, 0.25) is 5.96 Å². The van der Waals surface area contributed by atoms with Crippen molar-refractivity contribution in [2.45, 2.75) is 76.6 Å². The summed E-state index contributed by atoms with van der Waals surface area (Å²) in [5.41, 5.74) is 7.34. The molecule has 4 unspecified atom stereocenters. The lowest BCUT2D eigenvalue weighted by atomic mass is 9.81. The van der Waals surface area contributed by atoms with Crippen LogP contribution in [0.1, 0.15) is 61.1 Å². The van der Waals surface area contributed by atoms with E-state index < -0.39 is 0 Å². The topological polar surface area (TPSA) is 108 Å². The van der Waals surface area contributed by atoms with E-state index >= 15 is 0 Å². The van der Waals surface area contributed by atoms with Gasteiger partial charge in [-0.05, 0) is 26.2 Å². The maximum absolute atomic E-state index is 6.24. The van der Waals surface area contributed by atoms with E-state index in [1.165, 1.54) is 0 Å². The Bertz CT molecular complexity index is 933. The number of nitrogens with two attached hydrogens (primary N) is 1. The monoisotopic (exact) mass is 399 g/mol. The normalized spacial score (nSPS) is 27.7. The maximum atomic E-state index is 6.24. The molecule has 0 bridgehead atoms. The van der Waals surface area contributed by atoms with Crippen LogP contribution in [0.5, 0.6) is 0 Å². The van der Waals surface area contributed by atoms with Gasteiger partial charge in [-0.15, -0.1) is 5.10 Å². The summed E-state index contributed by atoms with van der Waals surface area (Å²) >= 11 is 0. The summed E-state index contributed by atoms with van der Waals surface area (Å²) in [6.45, 7) is 5.88. The molecule has 2 aliphatic heterocycles. The van der Waals surface area contributed by atoms with Gasteiger partial charge in [-0.25, -0.2) is 15.0 Å². The first-order chi connectivity index (χ1) is 14.0. The SMILES string of the molecule is COC1CCCC2c3nc(CC(C)N4CCc5nc(C)oc5C4)nn3C(N)=NC12. The molecule has 9 nitrogen and oxygen atoms in total. The van der Waals surface area contributed by atoms with Crippen LogP contribution in [-0.2, 0) is 24.1 Å². The molecule has 0 radical (unpaired) electrons. The molecular formula is C20H29N7O2. The molecule has 3 aliphatic rings. The molecule has 9 heteroatoms. The highest BCUT2D eigenvalue weighted by Gasteiger charge is 2.41. The molecule has 2 N–H and O–H groups in total. The molecule has 156 valence electrons. The zero-order valence-corrected chi connectivity index (χ0v) is 17.3. The summed E-state index contributed by atoms with van der Waals surface area (Å²) in [6.07, 6.45) is 4.97. The van der Waals surface area contributed by atoms with Gasteiger partial charge in [0.25, 0.3) is 0 Å². The van der Waals surface area contributed by atoms with Gasteiger partial charge in [-0.1, -0.05) is 0 Å². The minimum Gasteiger partial charge on any atom is -0.444 e. The second-order valence-electron chi connectivity index (χ2n) is 8.46. The second kappa shape index (κ2) is 7.21. The number of methoxy groups -OCH3 is 1. The van der Waals surface area contributed by atoms with Crippen LogP contribution in [0.15, 0.2) is 9.41 Å². The minimum atomic E-state index is 0.0472. The lowest BCUT2D eigenvalue weighted by Gasteiger charge is -2.36. The predicted molar refractivity (Wildman–Crippen MR) is 107 cm³/mol. The van der Waals surface area contributed by atoms with Crippen LogP contribution in [0, 0.1) is 6.92 Å². The number of aliphatic imine (C=N–C) groups is 1. The number of aromatic nitrogens is 4. The molecule has 1 aliphatic carbocycles. The van der Waals surface area contributed by atoms with Gasteiger partial charge < -0.3 is 14.9 Å². The average Bonchev–Trinajstić information content (AvgIpc) is 3.30. The molecule has 0 spiro atoms. The molecule has 1 fully saturated rings. The molecular weight excluding hydrogens is 370 g/mol. The molecule has 0 aromatic carbocycles. The Labute approximate surface area is 170 Å². The third-order valence-electron chi connectivity index (χ3n) is 6.57. The lowest BCUT2D eigenvalue weighted by Crippen LogP contribution is -2.44. The highest BCUT2D eigenvalue weighted by Crippen LogP contribution is 2.37. The predicted octanol–water partition coefficient (Wildman–Crippen LogP) is 1.39. The zero-order valence-electron chi connectivity index (χ0n) is 17.3. The van der Waals surface area contributed by atoms with Crippen molar-refractivity contribution in [2.24, 2.45) is 10.7 Å². The molecule has 2 aromatic rings. The van der Waals surface area contributed by atoms with Crippen LogP contribution in [-0.4, -0.2) is 62.5 Å². The number of ether oxygens (including phenoxy) is 1. The Hall–Kier alpha value is -2.26. The van der Waals surface area contributed by atoms with E-state index in [0.29, 0.717) is 12.0 Å². The van der Waals surface area contributed by atoms with E-state index in [1.54, 1.807) is 11.8 Å². The Morgan fingerprint density at radius 2 is 2.17 bits per heavy atom. The van der Waals surface area contributed by atoms with Crippen LogP contribution < -0.4 is 5.73 Å². The van der Waals surface area contributed by atoms with Gasteiger partial charge >= 0.3 is 0 Å². The number of fused-ring (bicyclic) bond motifs is 4. The quantitative estimate of drug-likeness (QED) is 0.828. The Morgan fingerprint density at radius 1 is 1.31 bits per heavy atom. The molecule has 0 saturated heterocycles. The van der Waals surface area contributed by atoms with E-state index in [1.807, 2.05) is 6.92 Å². The first-order valence-corrected chi connectivity index (χ1v) is 10.5. The maximum Gasteiger partial charge on any atom is 0.218 e. The highest BCUT2D eigenvalue weighted by atomic mass is 16.5. The number of hydrogen-bond donors (Lipinski definition) is 1. The molecule has 29 heavy (non-hydrogen) atoms. The fourth-order valence-electron chi connectivity index (χ4n) is 5.04. The van der Waals surface area contributed by atoms with Crippen LogP contribution in [0.25, 0.3) is 0 Å². The van der Waals surface area contributed by atoms with E-state index in [4.69, 9.17) is 30.0 Å². The number of oxazole rings is 1. The van der Waals surface area contributed by atoms with Crippen molar-refractivity contribution in [3.05, 3.63) is 29.0 Å². The number of aryl methyl sites for hydroxylation is 1. The van der Waals surface area contributed by atoms with E-state index in [0.717, 1.165) is 74.2 Å². The van der Waals surface area contributed by atoms with Crippen molar-refractivity contribution < 1.29 is 9.15 Å². The highest BCUT2D eigenvalue weighted by molar-refractivity contribution is 5.81. The van der Waals surface area contributed by atoms with Gasteiger partial charge in [0.15, 0.2) is 11.7 Å². The van der Waals surface area contributed by atoms with Crippen molar-refractivity contribution in [1.29, 1.82) is 0 Å².